The lowest BCUT2D eigenvalue weighted by Crippen LogP contribution is -2.63. The molecule has 0 aliphatic rings. The summed E-state index contributed by atoms with van der Waals surface area (Å²) < 4.78 is 62.2. The van der Waals surface area contributed by atoms with Crippen LogP contribution in [0.15, 0.2) is 0 Å². The molecular weight excluding hydrogens is 853 g/mol. The van der Waals surface area contributed by atoms with E-state index in [1.807, 2.05) is 0 Å². The van der Waals surface area contributed by atoms with Crippen molar-refractivity contribution in [2.45, 2.75) is 186 Å². The van der Waals surface area contributed by atoms with Gasteiger partial charge in [-0.15, -0.1) is 0 Å². The lowest BCUT2D eigenvalue weighted by molar-refractivity contribution is 0.188. The molecule has 0 aromatic rings. The number of rotatable bonds is 29. The van der Waals surface area contributed by atoms with Crippen LogP contribution in [0.4, 0.5) is 0 Å². The van der Waals surface area contributed by atoms with Gasteiger partial charge in [0, 0.05) is 25.8 Å². The van der Waals surface area contributed by atoms with E-state index < -0.39 is 84.1 Å². The van der Waals surface area contributed by atoms with Crippen LogP contribution >= 0.6 is 0 Å². The number of hydrogen-bond acceptors (Lipinski definition) is 9. The average molecular weight is 938 g/mol. The molecule has 0 rings (SSSR count). The highest BCUT2D eigenvalue weighted by atomic mass is 28.5. The van der Waals surface area contributed by atoms with Crippen molar-refractivity contribution in [3.63, 3.8) is 0 Å². The second-order valence-corrected chi connectivity index (χ2v) is 65.9. The number of methoxy groups -OCH3 is 1. The lowest BCUT2D eigenvalue weighted by Gasteiger charge is -2.46. The van der Waals surface area contributed by atoms with E-state index in [9.17, 15) is 0 Å². The van der Waals surface area contributed by atoms with Crippen molar-refractivity contribution >= 4 is 104 Å². The summed E-state index contributed by atoms with van der Waals surface area (Å²) in [6, 6.07) is 6.47. The van der Waals surface area contributed by atoms with Gasteiger partial charge in [0.25, 0.3) is 0 Å². The zero-order valence-electron chi connectivity index (χ0n) is 38.0. The molecule has 21 heteroatoms. The highest BCUT2D eigenvalue weighted by Crippen LogP contribution is 2.37. The fraction of sp³-hybridized carbons (Fsp3) is 1.00. The van der Waals surface area contributed by atoms with Gasteiger partial charge in [-0.25, -0.2) is 0 Å². The Bertz CT molecular complexity index is 942. The Morgan fingerprint density at radius 3 is 0.942 bits per heavy atom. The van der Waals surface area contributed by atoms with Crippen molar-refractivity contribution in [2.24, 2.45) is 0 Å². The van der Waals surface area contributed by atoms with Crippen LogP contribution in [0, 0.1) is 0 Å². The standard InChI is InChI=1S/C31H84O9Si12/c1-32-24-23-27-51(38-48(17,18)28-25-41-33-43(2,3)4,39-49(19,20)29-26-42-34-44(5,6)7)40-50(21,22)30-31-52(35-45(8,9)10,36-46(11,12)13)37-47(14,15)16/h23-31H2,1-22H3. The molecule has 0 aliphatic carbocycles. The van der Waals surface area contributed by atoms with Crippen LogP contribution in [0.2, 0.25) is 180 Å². The van der Waals surface area contributed by atoms with Crippen LogP contribution in [0.25, 0.3) is 0 Å². The van der Waals surface area contributed by atoms with E-state index in [-0.39, 0.29) is 0 Å². The molecule has 0 aromatic heterocycles. The highest BCUT2D eigenvalue weighted by Gasteiger charge is 2.55. The van der Waals surface area contributed by atoms with Gasteiger partial charge < -0.3 is 37.7 Å². The van der Waals surface area contributed by atoms with Gasteiger partial charge in [0.15, 0.2) is 66.5 Å². The zero-order chi connectivity index (χ0) is 41.1. The molecule has 0 unspecified atom stereocenters. The minimum atomic E-state index is -3.20. The van der Waals surface area contributed by atoms with Crippen molar-refractivity contribution in [1.29, 1.82) is 0 Å². The summed E-state index contributed by atoms with van der Waals surface area (Å²) in [7, 11) is -19.5. The van der Waals surface area contributed by atoms with Crippen molar-refractivity contribution in [3.8, 4) is 0 Å². The Morgan fingerprint density at radius 1 is 0.346 bits per heavy atom. The van der Waals surface area contributed by atoms with Crippen molar-refractivity contribution in [3.05, 3.63) is 0 Å². The van der Waals surface area contributed by atoms with E-state index in [0.29, 0.717) is 26.1 Å². The maximum absolute atomic E-state index is 7.64. The first-order valence-electron chi connectivity index (χ1n) is 19.4. The second kappa shape index (κ2) is 21.5. The van der Waals surface area contributed by atoms with E-state index in [2.05, 4.69) is 137 Å². The molecule has 0 spiro atoms. The topological polar surface area (TPSA) is 83.1 Å². The van der Waals surface area contributed by atoms with Crippen LogP contribution in [-0.4, -0.2) is 117 Å². The molecule has 0 saturated heterocycles. The molecule has 0 heterocycles. The van der Waals surface area contributed by atoms with Crippen LogP contribution in [0.5, 0.6) is 0 Å². The smallest absolute Gasteiger partial charge is 0.456 e. The molecule has 0 saturated carbocycles. The Kier molecular flexibility index (Phi) is 22.4. The van der Waals surface area contributed by atoms with Crippen LogP contribution in [0.3, 0.4) is 0 Å². The van der Waals surface area contributed by atoms with Crippen molar-refractivity contribution in [1.82, 2.24) is 0 Å². The first kappa shape index (κ1) is 54.2. The van der Waals surface area contributed by atoms with Crippen molar-refractivity contribution < 1.29 is 37.7 Å². The average Bonchev–Trinajstić information content (AvgIpc) is 2.83. The van der Waals surface area contributed by atoms with Gasteiger partial charge in [-0.1, -0.05) is 0 Å². The maximum atomic E-state index is 7.64. The maximum Gasteiger partial charge on any atom is 0.469 e. The van der Waals surface area contributed by atoms with Gasteiger partial charge in [0.05, 0.1) is 0 Å². The molecular formula is C31H84O9Si12. The van der Waals surface area contributed by atoms with E-state index in [0.717, 1.165) is 48.7 Å². The SMILES string of the molecule is COCCC[Si](O[Si](C)(C)CC[Si]O[Si](C)(C)C)(O[Si](C)(C)CC[Si]O[Si](C)(C)C)O[Si](C)(C)CC[Si](O[Si](C)(C)C)(O[Si](C)(C)C)O[Si](C)(C)C. The Balaban J connectivity index is 6.86. The zero-order valence-corrected chi connectivity index (χ0v) is 50.0. The first-order chi connectivity index (χ1) is 22.9. The fourth-order valence-electron chi connectivity index (χ4n) is 5.37. The molecule has 0 fully saturated rings. The van der Waals surface area contributed by atoms with E-state index in [4.69, 9.17) is 37.7 Å². The van der Waals surface area contributed by atoms with Gasteiger partial charge in [-0.3, -0.25) is 0 Å². The Labute approximate surface area is 339 Å². The molecule has 0 aliphatic heterocycles. The van der Waals surface area contributed by atoms with Gasteiger partial charge in [-0.2, -0.15) is 0 Å². The molecule has 310 valence electrons. The van der Waals surface area contributed by atoms with Gasteiger partial charge in [-0.05, 0) is 174 Å². The third kappa shape index (κ3) is 28.6. The van der Waals surface area contributed by atoms with E-state index in [1.54, 1.807) is 7.11 Å². The summed E-state index contributed by atoms with van der Waals surface area (Å²) in [4.78, 5) is 0. The summed E-state index contributed by atoms with van der Waals surface area (Å²) in [6.45, 7) is 48.7. The first-order valence-corrected chi connectivity index (χ1v) is 51.9. The third-order valence-electron chi connectivity index (χ3n) is 6.96. The fourth-order valence-corrected chi connectivity index (χ4v) is 47.7. The van der Waals surface area contributed by atoms with Crippen LogP contribution in [-0.2, 0) is 37.7 Å². The predicted octanol–water partition coefficient (Wildman–Crippen LogP) is 10.9. The molecule has 52 heavy (non-hydrogen) atoms. The largest absolute Gasteiger partial charge is 0.469 e. The summed E-state index contributed by atoms with van der Waals surface area (Å²) in [5.74, 6) is 0. The molecule has 9 nitrogen and oxygen atoms in total. The van der Waals surface area contributed by atoms with Gasteiger partial charge in [0.1, 0.15) is 0 Å². The van der Waals surface area contributed by atoms with Crippen LogP contribution in [0.1, 0.15) is 6.42 Å². The minimum Gasteiger partial charge on any atom is -0.456 e. The van der Waals surface area contributed by atoms with E-state index in [1.165, 1.54) is 0 Å². The predicted molar refractivity (Wildman–Crippen MR) is 251 cm³/mol. The number of hydrogen-bond donors (Lipinski definition) is 0. The number of ether oxygens (including phenoxy) is 1. The molecule has 0 amide bonds. The van der Waals surface area contributed by atoms with Crippen molar-refractivity contribution in [2.75, 3.05) is 13.7 Å². The quantitative estimate of drug-likeness (QED) is 0.0538. The minimum absolute atomic E-state index is 0.508. The molecule has 0 atom stereocenters. The molecule has 0 aromatic carbocycles. The monoisotopic (exact) mass is 936 g/mol. The highest BCUT2D eigenvalue weighted by molar-refractivity contribution is 6.93. The lowest BCUT2D eigenvalue weighted by atomic mass is 10.5. The Morgan fingerprint density at radius 2 is 0.654 bits per heavy atom. The molecule has 0 bridgehead atoms. The summed E-state index contributed by atoms with van der Waals surface area (Å²) >= 11 is 0. The van der Waals surface area contributed by atoms with E-state index >= 15 is 0 Å². The normalized spacial score (nSPS) is 15.1. The Hall–Kier alpha value is 2.24. The van der Waals surface area contributed by atoms with Crippen LogP contribution < -0.4 is 0 Å². The summed E-state index contributed by atoms with van der Waals surface area (Å²) in [5, 5.41) is 0. The van der Waals surface area contributed by atoms with Gasteiger partial charge >= 0.3 is 17.6 Å². The molecule has 4 radical (unpaired) electrons. The molecule has 0 N–H and O–H groups in total. The summed E-state index contributed by atoms with van der Waals surface area (Å²) in [5.41, 5.74) is 0. The third-order valence-corrected chi connectivity index (χ3v) is 43.1. The second-order valence-electron chi connectivity index (χ2n) is 20.9. The van der Waals surface area contributed by atoms with Gasteiger partial charge in [0.2, 0.25) is 19.5 Å². The summed E-state index contributed by atoms with van der Waals surface area (Å²) in [6.07, 6.45) is 0.845.